The van der Waals surface area contributed by atoms with Gasteiger partial charge in [0.05, 0.1) is 5.75 Å². The molecule has 0 aliphatic heterocycles. The standard InChI is InChI=1S/C20H29NO2S2/c1-19(2,3)14-8-7-9-15(10-14)22-17(20(4,5)6)13-25-12-16-11-21-18(24)23-16/h7-11,17H,12-13H2,1-6H3,(H,21,24). The molecule has 0 saturated carbocycles. The number of rotatable bonds is 6. The monoisotopic (exact) mass is 379 g/mol. The van der Waals surface area contributed by atoms with E-state index in [-0.39, 0.29) is 16.9 Å². The summed E-state index contributed by atoms with van der Waals surface area (Å²) < 4.78 is 11.8. The lowest BCUT2D eigenvalue weighted by Gasteiger charge is -2.31. The maximum absolute atomic E-state index is 6.38. The van der Waals surface area contributed by atoms with Gasteiger partial charge in [-0.3, -0.25) is 0 Å². The molecule has 138 valence electrons. The van der Waals surface area contributed by atoms with Crippen molar-refractivity contribution in [2.45, 2.75) is 58.8 Å². The van der Waals surface area contributed by atoms with Crippen molar-refractivity contribution in [1.29, 1.82) is 0 Å². The normalized spacial score (nSPS) is 13.7. The summed E-state index contributed by atoms with van der Waals surface area (Å²) in [6.07, 6.45) is 1.93. The van der Waals surface area contributed by atoms with E-state index in [0.29, 0.717) is 4.84 Å². The zero-order valence-electron chi connectivity index (χ0n) is 16.0. The van der Waals surface area contributed by atoms with Gasteiger partial charge in [-0.2, -0.15) is 0 Å². The molecular weight excluding hydrogens is 350 g/mol. The van der Waals surface area contributed by atoms with Crippen molar-refractivity contribution in [1.82, 2.24) is 4.98 Å². The number of thioether (sulfide) groups is 1. The van der Waals surface area contributed by atoms with Gasteiger partial charge in [-0.1, -0.05) is 53.7 Å². The third-order valence-corrected chi connectivity index (χ3v) is 5.26. The number of aromatic amines is 1. The van der Waals surface area contributed by atoms with Gasteiger partial charge in [-0.25, -0.2) is 0 Å². The van der Waals surface area contributed by atoms with Crippen LogP contribution in [0.2, 0.25) is 0 Å². The molecule has 0 bridgehead atoms. The average molecular weight is 380 g/mol. The van der Waals surface area contributed by atoms with Gasteiger partial charge in [-0.15, -0.1) is 11.8 Å². The first-order chi connectivity index (χ1) is 11.6. The molecule has 1 unspecified atom stereocenters. The highest BCUT2D eigenvalue weighted by molar-refractivity contribution is 7.98. The number of ether oxygens (including phenoxy) is 1. The minimum atomic E-state index is 0.0448. The highest BCUT2D eigenvalue weighted by atomic mass is 32.2. The molecule has 0 aliphatic rings. The SMILES string of the molecule is CC(C)(C)c1cccc(OC(CSCc2c[nH]c(=S)o2)C(C)(C)C)c1. The first kappa shape index (κ1) is 20.1. The van der Waals surface area contributed by atoms with E-state index in [1.807, 2.05) is 12.3 Å². The summed E-state index contributed by atoms with van der Waals surface area (Å²) in [5.41, 5.74) is 1.45. The van der Waals surface area contributed by atoms with Gasteiger partial charge in [-0.05, 0) is 40.7 Å². The molecule has 1 aromatic carbocycles. The Morgan fingerprint density at radius 1 is 1.20 bits per heavy atom. The minimum absolute atomic E-state index is 0.0448. The molecule has 0 fully saturated rings. The van der Waals surface area contributed by atoms with E-state index in [0.717, 1.165) is 23.0 Å². The van der Waals surface area contributed by atoms with Crippen LogP contribution in [0.25, 0.3) is 0 Å². The molecule has 0 saturated heterocycles. The number of hydrogen-bond acceptors (Lipinski definition) is 4. The lowest BCUT2D eigenvalue weighted by atomic mass is 9.87. The van der Waals surface area contributed by atoms with E-state index in [2.05, 4.69) is 64.7 Å². The van der Waals surface area contributed by atoms with Gasteiger partial charge < -0.3 is 14.1 Å². The first-order valence-corrected chi connectivity index (χ1v) is 10.1. The van der Waals surface area contributed by atoms with E-state index in [4.69, 9.17) is 21.4 Å². The average Bonchev–Trinajstić information content (AvgIpc) is 2.90. The maximum atomic E-state index is 6.38. The Morgan fingerprint density at radius 2 is 1.92 bits per heavy atom. The second-order valence-electron chi connectivity index (χ2n) is 8.41. The van der Waals surface area contributed by atoms with Crippen molar-refractivity contribution < 1.29 is 9.15 Å². The number of nitrogens with one attached hydrogen (secondary N) is 1. The summed E-state index contributed by atoms with van der Waals surface area (Å²) in [6, 6.07) is 8.44. The van der Waals surface area contributed by atoms with Gasteiger partial charge in [0.1, 0.15) is 17.6 Å². The predicted octanol–water partition coefficient (Wildman–Crippen LogP) is 6.36. The van der Waals surface area contributed by atoms with Gasteiger partial charge in [0, 0.05) is 11.9 Å². The summed E-state index contributed by atoms with van der Waals surface area (Å²) in [6.45, 7) is 13.3. The molecule has 1 heterocycles. The third-order valence-electron chi connectivity index (χ3n) is 4.03. The molecule has 1 atom stereocenters. The topological polar surface area (TPSA) is 38.2 Å². The molecule has 5 heteroatoms. The van der Waals surface area contributed by atoms with Crippen molar-refractivity contribution >= 4 is 24.0 Å². The number of oxazole rings is 1. The lowest BCUT2D eigenvalue weighted by Crippen LogP contribution is -2.34. The molecule has 1 N–H and O–H groups in total. The van der Waals surface area contributed by atoms with Crippen LogP contribution >= 0.6 is 24.0 Å². The van der Waals surface area contributed by atoms with Crippen LogP contribution in [0, 0.1) is 10.3 Å². The number of benzene rings is 1. The van der Waals surface area contributed by atoms with Crippen LogP contribution in [0.5, 0.6) is 5.75 Å². The number of hydrogen-bond donors (Lipinski definition) is 1. The van der Waals surface area contributed by atoms with Crippen molar-refractivity contribution in [3.63, 3.8) is 0 Å². The second-order valence-corrected chi connectivity index (χ2v) is 9.81. The van der Waals surface area contributed by atoms with Crippen LogP contribution in [0.15, 0.2) is 34.9 Å². The molecule has 2 rings (SSSR count). The Balaban J connectivity index is 2.04. The predicted molar refractivity (Wildman–Crippen MR) is 109 cm³/mol. The second kappa shape index (κ2) is 8.00. The van der Waals surface area contributed by atoms with Crippen LogP contribution in [0.1, 0.15) is 52.9 Å². The van der Waals surface area contributed by atoms with Gasteiger partial charge >= 0.3 is 0 Å². The minimum Gasteiger partial charge on any atom is -0.489 e. The molecule has 0 amide bonds. The Kier molecular flexibility index (Phi) is 6.44. The molecular formula is C20H29NO2S2. The highest BCUT2D eigenvalue weighted by Gasteiger charge is 2.27. The van der Waals surface area contributed by atoms with Crippen molar-refractivity contribution in [3.8, 4) is 5.75 Å². The summed E-state index contributed by atoms with van der Waals surface area (Å²) in [5, 5.41) is 0. The lowest BCUT2D eigenvalue weighted by molar-refractivity contribution is 0.107. The fraction of sp³-hybridized carbons (Fsp3) is 0.550. The van der Waals surface area contributed by atoms with Crippen molar-refractivity contribution in [3.05, 3.63) is 46.6 Å². The summed E-state index contributed by atoms with van der Waals surface area (Å²) >= 11 is 6.77. The Labute approximate surface area is 160 Å². The smallest absolute Gasteiger partial charge is 0.266 e. The Morgan fingerprint density at radius 3 is 2.48 bits per heavy atom. The summed E-state index contributed by atoms with van der Waals surface area (Å²) in [5.74, 6) is 3.48. The van der Waals surface area contributed by atoms with E-state index >= 15 is 0 Å². The van der Waals surface area contributed by atoms with Crippen LogP contribution in [0.4, 0.5) is 0 Å². The molecule has 0 aliphatic carbocycles. The third kappa shape index (κ3) is 6.23. The molecule has 1 aromatic heterocycles. The highest BCUT2D eigenvalue weighted by Crippen LogP contribution is 2.31. The molecule has 0 spiro atoms. The van der Waals surface area contributed by atoms with Crippen LogP contribution in [-0.4, -0.2) is 16.8 Å². The first-order valence-electron chi connectivity index (χ1n) is 8.58. The zero-order valence-corrected chi connectivity index (χ0v) is 17.6. The quantitative estimate of drug-likeness (QED) is 0.593. The van der Waals surface area contributed by atoms with Gasteiger partial charge in [0.15, 0.2) is 0 Å². The van der Waals surface area contributed by atoms with Crippen molar-refractivity contribution in [2.24, 2.45) is 5.41 Å². The Bertz CT molecular complexity index is 735. The Hall–Kier alpha value is -1.20. The van der Waals surface area contributed by atoms with Crippen LogP contribution in [0.3, 0.4) is 0 Å². The molecule has 2 aromatic rings. The van der Waals surface area contributed by atoms with E-state index < -0.39 is 0 Å². The summed E-state index contributed by atoms with van der Waals surface area (Å²) in [4.78, 5) is 3.33. The van der Waals surface area contributed by atoms with Crippen LogP contribution < -0.4 is 4.74 Å². The molecule has 25 heavy (non-hydrogen) atoms. The van der Waals surface area contributed by atoms with E-state index in [1.165, 1.54) is 5.56 Å². The fourth-order valence-corrected chi connectivity index (χ4v) is 3.73. The van der Waals surface area contributed by atoms with Crippen LogP contribution in [-0.2, 0) is 11.2 Å². The largest absolute Gasteiger partial charge is 0.489 e. The van der Waals surface area contributed by atoms with Gasteiger partial charge in [0.25, 0.3) is 4.84 Å². The number of aromatic nitrogens is 1. The van der Waals surface area contributed by atoms with E-state index in [9.17, 15) is 0 Å². The zero-order chi connectivity index (χ0) is 18.7. The van der Waals surface area contributed by atoms with E-state index in [1.54, 1.807) is 11.8 Å². The summed E-state index contributed by atoms with van der Waals surface area (Å²) in [7, 11) is 0. The molecule has 0 radical (unpaired) electrons. The fourth-order valence-electron chi connectivity index (χ4n) is 2.32. The van der Waals surface area contributed by atoms with Gasteiger partial charge in [0.2, 0.25) is 0 Å². The molecule has 3 nitrogen and oxygen atoms in total. The number of H-pyrrole nitrogens is 1. The van der Waals surface area contributed by atoms with Crippen molar-refractivity contribution in [2.75, 3.05) is 5.75 Å². The maximum Gasteiger partial charge on any atom is 0.266 e.